The van der Waals surface area contributed by atoms with Crippen molar-refractivity contribution < 1.29 is 9.53 Å². The SMILES string of the molecule is CC1CCC(NC(=O)C2CCOCC2)C(C)N1. The van der Waals surface area contributed by atoms with Crippen LogP contribution in [0, 0.1) is 5.92 Å². The summed E-state index contributed by atoms with van der Waals surface area (Å²) in [6.07, 6.45) is 3.97. The molecular formula is C13H24N2O2. The van der Waals surface area contributed by atoms with Gasteiger partial charge in [-0.1, -0.05) is 0 Å². The van der Waals surface area contributed by atoms with Crippen LogP contribution in [0.1, 0.15) is 39.5 Å². The number of carbonyl (C=O) groups is 1. The maximum atomic E-state index is 12.1. The summed E-state index contributed by atoms with van der Waals surface area (Å²) in [5, 5.41) is 6.70. The minimum atomic E-state index is 0.162. The van der Waals surface area contributed by atoms with E-state index >= 15 is 0 Å². The van der Waals surface area contributed by atoms with Crippen LogP contribution in [0.25, 0.3) is 0 Å². The molecule has 0 bridgehead atoms. The Morgan fingerprint density at radius 1 is 1.18 bits per heavy atom. The van der Waals surface area contributed by atoms with Crippen LogP contribution in [0.2, 0.25) is 0 Å². The van der Waals surface area contributed by atoms with Gasteiger partial charge in [0.1, 0.15) is 0 Å². The molecule has 0 aromatic rings. The summed E-state index contributed by atoms with van der Waals surface area (Å²) < 4.78 is 5.28. The highest BCUT2D eigenvalue weighted by atomic mass is 16.5. The van der Waals surface area contributed by atoms with Crippen LogP contribution in [0.4, 0.5) is 0 Å². The first-order valence-electron chi connectivity index (χ1n) is 6.81. The normalized spacial score (nSPS) is 35.5. The van der Waals surface area contributed by atoms with Gasteiger partial charge in [-0.2, -0.15) is 0 Å². The molecule has 4 nitrogen and oxygen atoms in total. The van der Waals surface area contributed by atoms with Crippen molar-refractivity contribution in [2.24, 2.45) is 5.92 Å². The zero-order valence-corrected chi connectivity index (χ0v) is 10.9. The molecule has 0 spiro atoms. The Balaban J connectivity index is 1.81. The Bertz CT molecular complexity index is 264. The molecule has 2 rings (SSSR count). The summed E-state index contributed by atoms with van der Waals surface area (Å²) in [4.78, 5) is 12.1. The van der Waals surface area contributed by atoms with Gasteiger partial charge < -0.3 is 15.4 Å². The molecule has 2 heterocycles. The van der Waals surface area contributed by atoms with E-state index in [9.17, 15) is 4.79 Å². The quantitative estimate of drug-likeness (QED) is 0.759. The average Bonchev–Trinajstić information content (AvgIpc) is 2.34. The van der Waals surface area contributed by atoms with E-state index in [1.54, 1.807) is 0 Å². The van der Waals surface area contributed by atoms with Crippen molar-refractivity contribution in [2.75, 3.05) is 13.2 Å². The molecule has 98 valence electrons. The lowest BCUT2D eigenvalue weighted by molar-refractivity contribution is -0.129. The molecule has 3 unspecified atom stereocenters. The lowest BCUT2D eigenvalue weighted by atomic mass is 9.93. The molecule has 1 amide bonds. The Morgan fingerprint density at radius 2 is 1.88 bits per heavy atom. The van der Waals surface area contributed by atoms with Gasteiger partial charge in [-0.05, 0) is 39.5 Å². The van der Waals surface area contributed by atoms with E-state index in [4.69, 9.17) is 4.74 Å². The number of ether oxygens (including phenoxy) is 1. The Hall–Kier alpha value is -0.610. The Morgan fingerprint density at radius 3 is 2.53 bits per heavy atom. The van der Waals surface area contributed by atoms with Crippen LogP contribution in [-0.4, -0.2) is 37.2 Å². The van der Waals surface area contributed by atoms with Gasteiger partial charge in [-0.3, -0.25) is 4.79 Å². The third kappa shape index (κ3) is 3.42. The second kappa shape index (κ2) is 5.83. The van der Waals surface area contributed by atoms with Gasteiger partial charge in [0.25, 0.3) is 0 Å². The average molecular weight is 240 g/mol. The van der Waals surface area contributed by atoms with E-state index in [1.807, 2.05) is 0 Å². The van der Waals surface area contributed by atoms with Gasteiger partial charge in [-0.25, -0.2) is 0 Å². The number of carbonyl (C=O) groups excluding carboxylic acids is 1. The van der Waals surface area contributed by atoms with Crippen LogP contribution in [0.3, 0.4) is 0 Å². The van der Waals surface area contributed by atoms with Crippen LogP contribution >= 0.6 is 0 Å². The van der Waals surface area contributed by atoms with Crippen molar-refractivity contribution in [3.63, 3.8) is 0 Å². The molecule has 0 aromatic heterocycles. The maximum Gasteiger partial charge on any atom is 0.223 e. The lowest BCUT2D eigenvalue weighted by Gasteiger charge is -2.35. The molecule has 0 aromatic carbocycles. The largest absolute Gasteiger partial charge is 0.381 e. The highest BCUT2D eigenvalue weighted by Crippen LogP contribution is 2.17. The first kappa shape index (κ1) is 12.8. The Labute approximate surface area is 103 Å². The number of nitrogens with one attached hydrogen (secondary N) is 2. The number of amides is 1. The molecule has 0 aliphatic carbocycles. The first-order valence-corrected chi connectivity index (χ1v) is 6.81. The van der Waals surface area contributed by atoms with E-state index < -0.39 is 0 Å². The van der Waals surface area contributed by atoms with Crippen LogP contribution in [0.5, 0.6) is 0 Å². The Kier molecular flexibility index (Phi) is 4.40. The van der Waals surface area contributed by atoms with Gasteiger partial charge in [-0.15, -0.1) is 0 Å². The predicted octanol–water partition coefficient (Wildman–Crippen LogP) is 1.06. The van der Waals surface area contributed by atoms with Crippen molar-refractivity contribution >= 4 is 5.91 Å². The number of hydrogen-bond acceptors (Lipinski definition) is 3. The van der Waals surface area contributed by atoms with Crippen LogP contribution < -0.4 is 10.6 Å². The zero-order chi connectivity index (χ0) is 12.3. The summed E-state index contributed by atoms with van der Waals surface area (Å²) in [5.41, 5.74) is 0. The molecule has 2 saturated heterocycles. The van der Waals surface area contributed by atoms with Crippen molar-refractivity contribution in [3.8, 4) is 0 Å². The van der Waals surface area contributed by atoms with E-state index in [0.717, 1.165) is 38.9 Å². The minimum absolute atomic E-state index is 0.162. The van der Waals surface area contributed by atoms with Crippen LogP contribution in [-0.2, 0) is 9.53 Å². The van der Waals surface area contributed by atoms with Gasteiger partial charge in [0.2, 0.25) is 5.91 Å². The molecule has 2 aliphatic heterocycles. The maximum absolute atomic E-state index is 12.1. The monoisotopic (exact) mass is 240 g/mol. The van der Waals surface area contributed by atoms with E-state index in [0.29, 0.717) is 18.1 Å². The van der Waals surface area contributed by atoms with Gasteiger partial charge in [0, 0.05) is 37.3 Å². The molecule has 17 heavy (non-hydrogen) atoms. The third-order valence-electron chi connectivity index (χ3n) is 3.98. The summed E-state index contributed by atoms with van der Waals surface area (Å²) in [6, 6.07) is 1.24. The molecular weight excluding hydrogens is 216 g/mol. The fourth-order valence-corrected chi connectivity index (χ4v) is 2.79. The molecule has 0 radical (unpaired) electrons. The van der Waals surface area contributed by atoms with E-state index in [2.05, 4.69) is 24.5 Å². The van der Waals surface area contributed by atoms with Crippen molar-refractivity contribution in [2.45, 2.75) is 57.7 Å². The third-order valence-corrected chi connectivity index (χ3v) is 3.98. The summed E-state index contributed by atoms with van der Waals surface area (Å²) >= 11 is 0. The van der Waals surface area contributed by atoms with Crippen molar-refractivity contribution in [3.05, 3.63) is 0 Å². The van der Waals surface area contributed by atoms with Gasteiger partial charge in [0.05, 0.1) is 0 Å². The smallest absolute Gasteiger partial charge is 0.223 e. The van der Waals surface area contributed by atoms with Crippen LogP contribution in [0.15, 0.2) is 0 Å². The zero-order valence-electron chi connectivity index (χ0n) is 10.9. The summed E-state index contributed by atoms with van der Waals surface area (Å²) in [7, 11) is 0. The fourth-order valence-electron chi connectivity index (χ4n) is 2.79. The summed E-state index contributed by atoms with van der Waals surface area (Å²) in [6.45, 7) is 5.82. The highest BCUT2D eigenvalue weighted by Gasteiger charge is 2.29. The van der Waals surface area contributed by atoms with Crippen molar-refractivity contribution in [1.29, 1.82) is 0 Å². The van der Waals surface area contributed by atoms with Crippen molar-refractivity contribution in [1.82, 2.24) is 10.6 Å². The molecule has 4 heteroatoms. The molecule has 2 N–H and O–H groups in total. The van der Waals surface area contributed by atoms with E-state index in [-0.39, 0.29) is 11.8 Å². The van der Waals surface area contributed by atoms with E-state index in [1.165, 1.54) is 0 Å². The fraction of sp³-hybridized carbons (Fsp3) is 0.923. The second-order valence-electron chi connectivity index (χ2n) is 5.44. The molecule has 2 aliphatic rings. The number of hydrogen-bond donors (Lipinski definition) is 2. The van der Waals surface area contributed by atoms with Gasteiger partial charge in [0.15, 0.2) is 0 Å². The lowest BCUT2D eigenvalue weighted by Crippen LogP contribution is -2.55. The minimum Gasteiger partial charge on any atom is -0.381 e. The standard InChI is InChI=1S/C13H24N2O2/c1-9-3-4-12(10(2)14-9)15-13(16)11-5-7-17-8-6-11/h9-12,14H,3-8H2,1-2H3,(H,15,16). The number of piperidine rings is 1. The topological polar surface area (TPSA) is 50.4 Å². The summed E-state index contributed by atoms with van der Waals surface area (Å²) in [5.74, 6) is 0.386. The molecule has 0 saturated carbocycles. The molecule has 2 fully saturated rings. The number of rotatable bonds is 2. The van der Waals surface area contributed by atoms with Gasteiger partial charge >= 0.3 is 0 Å². The first-order chi connectivity index (χ1) is 8.16. The second-order valence-corrected chi connectivity index (χ2v) is 5.44. The molecule has 3 atom stereocenters. The highest BCUT2D eigenvalue weighted by molar-refractivity contribution is 5.79. The predicted molar refractivity (Wildman–Crippen MR) is 66.8 cm³/mol.